The molecule has 0 spiro atoms. The SMILES string of the molecule is CCCn1nccc1C(CCOCCOC)NCC. The van der Waals surface area contributed by atoms with Crippen molar-refractivity contribution in [3.05, 3.63) is 18.0 Å². The molecule has 1 atom stereocenters. The van der Waals surface area contributed by atoms with Crippen LogP contribution in [0.4, 0.5) is 0 Å². The number of aromatic nitrogens is 2. The summed E-state index contributed by atoms with van der Waals surface area (Å²) in [7, 11) is 1.69. The van der Waals surface area contributed by atoms with Gasteiger partial charge in [-0.25, -0.2) is 0 Å². The first kappa shape index (κ1) is 16.1. The Morgan fingerprint density at radius 1 is 1.32 bits per heavy atom. The standard InChI is InChI=1S/C14H27N3O2/c1-4-9-17-14(6-8-16-17)13(15-5-2)7-10-19-12-11-18-3/h6,8,13,15H,4-5,7,9-12H2,1-3H3. The van der Waals surface area contributed by atoms with Gasteiger partial charge in [-0.15, -0.1) is 0 Å². The number of methoxy groups -OCH3 is 1. The maximum absolute atomic E-state index is 5.55. The van der Waals surface area contributed by atoms with Gasteiger partial charge in [0.25, 0.3) is 0 Å². The topological polar surface area (TPSA) is 48.3 Å². The molecule has 1 aromatic heterocycles. The summed E-state index contributed by atoms with van der Waals surface area (Å²) in [6.45, 7) is 8.25. The second kappa shape index (κ2) is 9.95. The van der Waals surface area contributed by atoms with Gasteiger partial charge in [-0.3, -0.25) is 4.68 Å². The van der Waals surface area contributed by atoms with E-state index in [0.29, 0.717) is 19.3 Å². The van der Waals surface area contributed by atoms with Crippen LogP contribution in [0.2, 0.25) is 0 Å². The summed E-state index contributed by atoms with van der Waals surface area (Å²) in [5, 5.41) is 7.89. The van der Waals surface area contributed by atoms with Crippen LogP contribution in [-0.4, -0.2) is 43.3 Å². The third-order valence-electron chi connectivity index (χ3n) is 2.98. The number of hydrogen-bond donors (Lipinski definition) is 1. The van der Waals surface area contributed by atoms with Gasteiger partial charge >= 0.3 is 0 Å². The van der Waals surface area contributed by atoms with Crippen molar-refractivity contribution in [3.63, 3.8) is 0 Å². The lowest BCUT2D eigenvalue weighted by Gasteiger charge is -2.19. The van der Waals surface area contributed by atoms with Gasteiger partial charge in [0.05, 0.1) is 24.9 Å². The fourth-order valence-corrected chi connectivity index (χ4v) is 2.08. The molecule has 5 nitrogen and oxygen atoms in total. The Balaban J connectivity index is 2.48. The number of aryl methyl sites for hydroxylation is 1. The highest BCUT2D eigenvalue weighted by molar-refractivity contribution is 5.07. The summed E-state index contributed by atoms with van der Waals surface area (Å²) < 4.78 is 12.6. The van der Waals surface area contributed by atoms with Crippen molar-refractivity contribution in [2.24, 2.45) is 0 Å². The van der Waals surface area contributed by atoms with E-state index in [2.05, 4.69) is 35.0 Å². The summed E-state index contributed by atoms with van der Waals surface area (Å²) in [5.41, 5.74) is 1.25. The molecule has 0 aliphatic heterocycles. The molecule has 0 aliphatic carbocycles. The van der Waals surface area contributed by atoms with Crippen LogP contribution in [0.5, 0.6) is 0 Å². The van der Waals surface area contributed by atoms with E-state index in [1.54, 1.807) is 7.11 Å². The van der Waals surface area contributed by atoms with Crippen LogP contribution in [0.15, 0.2) is 12.3 Å². The molecule has 1 N–H and O–H groups in total. The summed E-state index contributed by atoms with van der Waals surface area (Å²) in [5.74, 6) is 0. The summed E-state index contributed by atoms with van der Waals surface area (Å²) in [4.78, 5) is 0. The Morgan fingerprint density at radius 2 is 2.16 bits per heavy atom. The van der Waals surface area contributed by atoms with Crippen molar-refractivity contribution in [1.82, 2.24) is 15.1 Å². The van der Waals surface area contributed by atoms with Crippen molar-refractivity contribution in [3.8, 4) is 0 Å². The molecule has 0 radical (unpaired) electrons. The number of rotatable bonds is 11. The smallest absolute Gasteiger partial charge is 0.0700 e. The zero-order valence-corrected chi connectivity index (χ0v) is 12.4. The van der Waals surface area contributed by atoms with E-state index in [1.807, 2.05) is 6.20 Å². The number of ether oxygens (including phenoxy) is 2. The maximum atomic E-state index is 5.55. The molecule has 1 unspecified atom stereocenters. The third-order valence-corrected chi connectivity index (χ3v) is 2.98. The van der Waals surface area contributed by atoms with Gasteiger partial charge in [0.1, 0.15) is 0 Å². The zero-order chi connectivity index (χ0) is 13.9. The third kappa shape index (κ3) is 5.72. The van der Waals surface area contributed by atoms with Gasteiger partial charge in [-0.2, -0.15) is 5.10 Å². The van der Waals surface area contributed by atoms with E-state index < -0.39 is 0 Å². The Labute approximate surface area is 116 Å². The minimum Gasteiger partial charge on any atom is -0.382 e. The van der Waals surface area contributed by atoms with E-state index in [4.69, 9.17) is 9.47 Å². The molecule has 0 aromatic carbocycles. The number of hydrogen-bond acceptors (Lipinski definition) is 4. The van der Waals surface area contributed by atoms with Crippen molar-refractivity contribution < 1.29 is 9.47 Å². The van der Waals surface area contributed by atoms with E-state index in [1.165, 1.54) is 5.69 Å². The molecule has 0 bridgehead atoms. The molecule has 0 saturated heterocycles. The molecular weight excluding hydrogens is 242 g/mol. The highest BCUT2D eigenvalue weighted by Crippen LogP contribution is 2.16. The molecular formula is C14H27N3O2. The van der Waals surface area contributed by atoms with E-state index >= 15 is 0 Å². The lowest BCUT2D eigenvalue weighted by molar-refractivity contribution is 0.0654. The fraction of sp³-hybridized carbons (Fsp3) is 0.786. The van der Waals surface area contributed by atoms with Gasteiger partial charge in [0.2, 0.25) is 0 Å². The second-order valence-corrected chi connectivity index (χ2v) is 4.48. The summed E-state index contributed by atoms with van der Waals surface area (Å²) in [6, 6.07) is 2.40. The molecule has 5 heteroatoms. The van der Waals surface area contributed by atoms with Crippen molar-refractivity contribution >= 4 is 0 Å². The van der Waals surface area contributed by atoms with E-state index in [-0.39, 0.29) is 0 Å². The van der Waals surface area contributed by atoms with Crippen LogP contribution in [-0.2, 0) is 16.0 Å². The molecule has 1 heterocycles. The average molecular weight is 269 g/mol. The lowest BCUT2D eigenvalue weighted by atomic mass is 10.1. The summed E-state index contributed by atoms with van der Waals surface area (Å²) >= 11 is 0. The molecule has 0 aliphatic rings. The normalized spacial score (nSPS) is 12.8. The van der Waals surface area contributed by atoms with Crippen LogP contribution in [0.1, 0.15) is 38.4 Å². The highest BCUT2D eigenvalue weighted by atomic mass is 16.5. The first-order chi connectivity index (χ1) is 9.33. The minimum atomic E-state index is 0.307. The second-order valence-electron chi connectivity index (χ2n) is 4.48. The molecule has 19 heavy (non-hydrogen) atoms. The Bertz CT molecular complexity index is 328. The first-order valence-electron chi connectivity index (χ1n) is 7.15. The maximum Gasteiger partial charge on any atom is 0.0700 e. The van der Waals surface area contributed by atoms with Gasteiger partial charge in [-0.05, 0) is 25.5 Å². The van der Waals surface area contributed by atoms with E-state index in [9.17, 15) is 0 Å². The Kier molecular flexibility index (Phi) is 8.45. The van der Waals surface area contributed by atoms with Crippen molar-refractivity contribution in [2.75, 3.05) is 33.5 Å². The van der Waals surface area contributed by atoms with Crippen molar-refractivity contribution in [1.29, 1.82) is 0 Å². The van der Waals surface area contributed by atoms with Crippen molar-refractivity contribution in [2.45, 2.75) is 39.3 Å². The molecule has 0 saturated carbocycles. The first-order valence-corrected chi connectivity index (χ1v) is 7.15. The van der Waals surface area contributed by atoms with Gasteiger partial charge in [0.15, 0.2) is 0 Å². The number of nitrogens with zero attached hydrogens (tertiary/aromatic N) is 2. The van der Waals surface area contributed by atoms with Crippen LogP contribution in [0.25, 0.3) is 0 Å². The van der Waals surface area contributed by atoms with E-state index in [0.717, 1.165) is 32.5 Å². The van der Waals surface area contributed by atoms with Gasteiger partial charge < -0.3 is 14.8 Å². The molecule has 1 aromatic rings. The minimum absolute atomic E-state index is 0.307. The Morgan fingerprint density at radius 3 is 2.84 bits per heavy atom. The van der Waals surface area contributed by atoms with Crippen LogP contribution in [0.3, 0.4) is 0 Å². The molecule has 1 rings (SSSR count). The summed E-state index contributed by atoms with van der Waals surface area (Å²) in [6.07, 6.45) is 3.92. The largest absolute Gasteiger partial charge is 0.382 e. The van der Waals surface area contributed by atoms with Crippen LogP contribution >= 0.6 is 0 Å². The lowest BCUT2D eigenvalue weighted by Crippen LogP contribution is -2.25. The Hall–Kier alpha value is -0.910. The quantitative estimate of drug-likeness (QED) is 0.624. The highest BCUT2D eigenvalue weighted by Gasteiger charge is 2.14. The number of nitrogens with one attached hydrogen (secondary N) is 1. The predicted octanol–water partition coefficient (Wildman–Crippen LogP) is 2.00. The monoisotopic (exact) mass is 269 g/mol. The average Bonchev–Trinajstić information content (AvgIpc) is 2.86. The van der Waals surface area contributed by atoms with Gasteiger partial charge in [0, 0.05) is 26.5 Å². The van der Waals surface area contributed by atoms with Crippen LogP contribution < -0.4 is 5.32 Å². The van der Waals surface area contributed by atoms with Gasteiger partial charge in [-0.1, -0.05) is 13.8 Å². The fourth-order valence-electron chi connectivity index (χ4n) is 2.08. The molecule has 110 valence electrons. The molecule has 0 amide bonds. The predicted molar refractivity (Wildman–Crippen MR) is 76.2 cm³/mol. The zero-order valence-electron chi connectivity index (χ0n) is 12.4. The molecule has 0 fully saturated rings. The van der Waals surface area contributed by atoms with Crippen LogP contribution in [0, 0.1) is 0 Å².